The maximum atomic E-state index is 12.9. The molecule has 1 aromatic heterocycles. The Morgan fingerprint density at radius 1 is 1.38 bits per heavy atom. The molecule has 0 aliphatic carbocycles. The van der Waals surface area contributed by atoms with Crippen molar-refractivity contribution in [3.63, 3.8) is 0 Å². The number of fused-ring (bicyclic) bond motifs is 1. The first-order valence-electron chi connectivity index (χ1n) is 10.1. The van der Waals surface area contributed by atoms with Crippen LogP contribution in [0.4, 0.5) is 10.8 Å². The summed E-state index contributed by atoms with van der Waals surface area (Å²) in [7, 11) is 1.25. The fourth-order valence-electron chi connectivity index (χ4n) is 3.43. The van der Waals surface area contributed by atoms with Crippen LogP contribution in [-0.4, -0.2) is 67.7 Å². The number of oxime groups is 1. The number of nitrogens with two attached hydrogens (primary N) is 1. The minimum atomic E-state index is -1.01. The number of nitrogens with one attached hydrogen (secondary N) is 1. The minimum absolute atomic E-state index is 0. The first-order chi connectivity index (χ1) is 17.2. The number of hydrogen-bond donors (Lipinski definition) is 3. The second-order valence-corrected chi connectivity index (χ2v) is 9.34. The number of aliphatic hydroxyl groups is 1. The molecule has 196 valence electrons. The van der Waals surface area contributed by atoms with Gasteiger partial charge < -0.3 is 25.7 Å². The van der Waals surface area contributed by atoms with E-state index in [9.17, 15) is 29.6 Å². The van der Waals surface area contributed by atoms with Crippen molar-refractivity contribution < 1.29 is 34.0 Å². The van der Waals surface area contributed by atoms with Crippen molar-refractivity contribution in [2.24, 2.45) is 5.16 Å². The van der Waals surface area contributed by atoms with E-state index in [0.29, 0.717) is 5.56 Å². The lowest BCUT2D eigenvalue weighted by molar-refractivity contribution is -0.384. The van der Waals surface area contributed by atoms with E-state index in [1.807, 2.05) is 0 Å². The molecular formula is C20H19ClN6O8S2. The zero-order valence-corrected chi connectivity index (χ0v) is 21.3. The number of nitrogen functional groups attached to an aromatic ring is 1. The maximum Gasteiger partial charge on any atom is 0.358 e. The second-order valence-electron chi connectivity index (χ2n) is 7.35. The molecule has 2 aliphatic heterocycles. The molecule has 2 aromatic rings. The largest absolute Gasteiger partial charge is 0.509 e. The number of amides is 2. The average Bonchev–Trinajstić information content (AvgIpc) is 3.29. The number of halogens is 1. The molecular weight excluding hydrogens is 552 g/mol. The zero-order chi connectivity index (χ0) is 26.0. The maximum absolute atomic E-state index is 12.9. The third-order valence-corrected chi connectivity index (χ3v) is 7.05. The van der Waals surface area contributed by atoms with Gasteiger partial charge >= 0.3 is 5.97 Å². The average molecular weight is 571 g/mol. The number of β-lactam (4-membered cyclic amide) rings is 1. The molecule has 3 heterocycles. The molecule has 2 aliphatic rings. The summed E-state index contributed by atoms with van der Waals surface area (Å²) in [5, 5.41) is 28.3. The molecule has 37 heavy (non-hydrogen) atoms. The van der Waals surface area contributed by atoms with Gasteiger partial charge in [-0.15, -0.1) is 35.5 Å². The third-order valence-electron chi connectivity index (χ3n) is 5.11. The van der Waals surface area contributed by atoms with Crippen molar-refractivity contribution in [2.75, 3.05) is 18.6 Å². The van der Waals surface area contributed by atoms with E-state index in [0.717, 1.165) is 28.0 Å². The van der Waals surface area contributed by atoms with Crippen LogP contribution in [0.2, 0.25) is 0 Å². The lowest BCUT2D eigenvalue weighted by Crippen LogP contribution is -2.71. The summed E-state index contributed by atoms with van der Waals surface area (Å²) in [6.45, 7) is -0.235. The van der Waals surface area contributed by atoms with Gasteiger partial charge in [-0.25, -0.2) is 9.78 Å². The molecule has 1 aromatic carbocycles. The molecule has 1 unspecified atom stereocenters. The monoisotopic (exact) mass is 570 g/mol. The molecule has 14 nitrogen and oxygen atoms in total. The number of esters is 1. The molecule has 2 amide bonds. The molecule has 0 bridgehead atoms. The fourth-order valence-corrected chi connectivity index (χ4v) is 5.17. The van der Waals surface area contributed by atoms with Crippen molar-refractivity contribution in [1.29, 1.82) is 0 Å². The number of thioether (sulfide) groups is 1. The van der Waals surface area contributed by atoms with Crippen LogP contribution in [0.1, 0.15) is 11.3 Å². The Morgan fingerprint density at radius 2 is 2.08 bits per heavy atom. The van der Waals surface area contributed by atoms with Gasteiger partial charge in [0.1, 0.15) is 36.6 Å². The highest BCUT2D eigenvalue weighted by Gasteiger charge is 2.55. The second kappa shape index (κ2) is 11.4. The lowest BCUT2D eigenvalue weighted by Gasteiger charge is -2.48. The number of thiazole rings is 1. The van der Waals surface area contributed by atoms with Crippen LogP contribution in [-0.2, 0) is 30.6 Å². The van der Waals surface area contributed by atoms with Gasteiger partial charge in [-0.2, -0.15) is 0 Å². The van der Waals surface area contributed by atoms with E-state index in [-0.39, 0.29) is 58.4 Å². The number of nitrogens with zero attached hydrogens (tertiary/aromatic N) is 4. The summed E-state index contributed by atoms with van der Waals surface area (Å²) < 4.78 is 5.21. The van der Waals surface area contributed by atoms with Crippen LogP contribution in [0.5, 0.6) is 0 Å². The van der Waals surface area contributed by atoms with E-state index in [4.69, 9.17) is 15.3 Å². The molecule has 0 spiro atoms. The highest BCUT2D eigenvalue weighted by molar-refractivity contribution is 8.00. The quantitative estimate of drug-likeness (QED) is 0.136. The number of aliphatic hydroxyl groups excluding tert-OH is 1. The number of anilines is 1. The highest BCUT2D eigenvalue weighted by atomic mass is 35.5. The Morgan fingerprint density at radius 3 is 2.68 bits per heavy atom. The number of benzene rings is 1. The molecule has 4 rings (SSSR count). The van der Waals surface area contributed by atoms with Gasteiger partial charge in [0, 0.05) is 17.5 Å². The van der Waals surface area contributed by atoms with Gasteiger partial charge in [-0.3, -0.25) is 24.6 Å². The first-order valence-corrected chi connectivity index (χ1v) is 12.0. The molecule has 1 saturated heterocycles. The lowest BCUT2D eigenvalue weighted by atomic mass is 10.0. The summed E-state index contributed by atoms with van der Waals surface area (Å²) in [4.78, 5) is 58.3. The molecule has 2 atom stereocenters. The van der Waals surface area contributed by atoms with Gasteiger partial charge in [0.15, 0.2) is 16.5 Å². The smallest absolute Gasteiger partial charge is 0.358 e. The number of nitro groups is 1. The first kappa shape index (κ1) is 27.7. The molecule has 0 saturated carbocycles. The van der Waals surface area contributed by atoms with E-state index in [1.165, 1.54) is 36.8 Å². The van der Waals surface area contributed by atoms with Crippen LogP contribution in [0.3, 0.4) is 0 Å². The number of hydrogen-bond acceptors (Lipinski definition) is 13. The van der Waals surface area contributed by atoms with Gasteiger partial charge in [-0.1, -0.05) is 5.16 Å². The number of rotatable bonds is 8. The predicted molar refractivity (Wildman–Crippen MR) is 135 cm³/mol. The number of ether oxygens (including phenoxy) is 1. The normalized spacial score (nSPS) is 18.8. The Bertz CT molecular complexity index is 1300. The summed E-state index contributed by atoms with van der Waals surface area (Å²) >= 11 is 2.24. The number of carbonyl (C=O) groups excluding carboxylic acids is 3. The summed E-state index contributed by atoms with van der Waals surface area (Å²) in [6, 6.07) is 4.37. The summed E-state index contributed by atoms with van der Waals surface area (Å²) in [5.74, 6) is -2.66. The molecule has 17 heteroatoms. The van der Waals surface area contributed by atoms with Crippen LogP contribution in [0.25, 0.3) is 0 Å². The summed E-state index contributed by atoms with van der Waals surface area (Å²) in [5.41, 5.74) is 5.64. The molecule has 0 radical (unpaired) electrons. The zero-order valence-electron chi connectivity index (χ0n) is 18.9. The molecule has 4 N–H and O–H groups in total. The van der Waals surface area contributed by atoms with Crippen LogP contribution >= 0.6 is 35.5 Å². The van der Waals surface area contributed by atoms with Crippen LogP contribution < -0.4 is 11.1 Å². The summed E-state index contributed by atoms with van der Waals surface area (Å²) in [6.07, 6.45) is 0. The van der Waals surface area contributed by atoms with Crippen molar-refractivity contribution in [3.8, 4) is 0 Å². The van der Waals surface area contributed by atoms with E-state index >= 15 is 0 Å². The standard InChI is InChI=1S/C20H18N6O8S2.ClH/c1-33-24-13(11-7-36-20(21)22-11)16(28)23-14-17(29)25-15(12(27)8-35-18(14)25)19(30)34-6-9-2-4-10(5-3-9)26(31)32;/h2-5,7,14,18,27H,6,8H2,1H3,(H2,21,22)(H,23,28);1H/t14?,18-;/m0./s1. The minimum Gasteiger partial charge on any atom is -0.509 e. The fraction of sp³-hybridized carbons (Fsp3) is 0.250. The van der Waals surface area contributed by atoms with E-state index < -0.39 is 34.1 Å². The number of nitro benzene ring substituents is 1. The van der Waals surface area contributed by atoms with Gasteiger partial charge in [-0.05, 0) is 17.7 Å². The van der Waals surface area contributed by atoms with Crippen molar-refractivity contribution in [3.05, 3.63) is 62.5 Å². The van der Waals surface area contributed by atoms with Crippen molar-refractivity contribution >= 4 is 69.8 Å². The van der Waals surface area contributed by atoms with Crippen LogP contribution in [0, 0.1) is 10.1 Å². The molecule has 1 fully saturated rings. The Balaban J connectivity index is 0.00000380. The third kappa shape index (κ3) is 5.60. The van der Waals surface area contributed by atoms with Crippen LogP contribution in [0.15, 0.2) is 46.3 Å². The topological polar surface area (TPSA) is 200 Å². The Hall–Kier alpha value is -3.89. The van der Waals surface area contributed by atoms with Crippen molar-refractivity contribution in [2.45, 2.75) is 18.0 Å². The van der Waals surface area contributed by atoms with Gasteiger partial charge in [0.2, 0.25) is 0 Å². The van der Waals surface area contributed by atoms with E-state index in [2.05, 4.69) is 15.5 Å². The Kier molecular flexibility index (Phi) is 8.57. The van der Waals surface area contributed by atoms with Crippen molar-refractivity contribution in [1.82, 2.24) is 15.2 Å². The van der Waals surface area contributed by atoms with Gasteiger partial charge in [0.05, 0.1) is 10.7 Å². The van der Waals surface area contributed by atoms with E-state index in [1.54, 1.807) is 0 Å². The highest BCUT2D eigenvalue weighted by Crippen LogP contribution is 2.40. The SMILES string of the molecule is CON=C(C(=O)NC1C(=O)N2C(C(=O)OCc3ccc([N+](=O)[O-])cc3)=C(O)CS[C@@H]12)c1csc(N)n1.Cl. The number of aromatic nitrogens is 1. The predicted octanol–water partition coefficient (Wildman–Crippen LogP) is 1.32. The number of non-ortho nitro benzene ring substituents is 1. The number of carbonyl (C=O) groups is 3. The van der Waals surface area contributed by atoms with Gasteiger partial charge in [0.25, 0.3) is 17.5 Å². The Labute approximate surface area is 223 Å².